The molecule has 1 heterocycles. The van der Waals surface area contributed by atoms with Crippen LogP contribution in [0.3, 0.4) is 0 Å². The number of cyclic esters (lactones) is 1. The van der Waals surface area contributed by atoms with Gasteiger partial charge in [0.1, 0.15) is 13.2 Å². The van der Waals surface area contributed by atoms with Gasteiger partial charge < -0.3 is 4.74 Å². The van der Waals surface area contributed by atoms with Crippen LogP contribution in [0.25, 0.3) is 0 Å². The Bertz CT molecular complexity index is 871. The van der Waals surface area contributed by atoms with Crippen molar-refractivity contribution in [2.45, 2.75) is 37.6 Å². The van der Waals surface area contributed by atoms with Gasteiger partial charge in [-0.15, -0.1) is 0 Å². The number of carbonyl (C=O) groups excluding carboxylic acids is 1. The third-order valence-corrected chi connectivity index (χ3v) is 6.77. The molecule has 1 atom stereocenters. The highest BCUT2D eigenvalue weighted by Gasteiger charge is 2.40. The number of sulfonamides is 1. The van der Waals surface area contributed by atoms with Crippen LogP contribution >= 0.6 is 0 Å². The lowest BCUT2D eigenvalue weighted by atomic mass is 10.1. The molecule has 0 unspecified atom stereocenters. The van der Waals surface area contributed by atoms with E-state index < -0.39 is 22.0 Å². The summed E-state index contributed by atoms with van der Waals surface area (Å²) >= 11 is 0. The Morgan fingerprint density at radius 1 is 1.00 bits per heavy atom. The molecular weight excluding hydrogens is 350 g/mol. The van der Waals surface area contributed by atoms with Gasteiger partial charge in [-0.3, -0.25) is 4.79 Å². The van der Waals surface area contributed by atoms with E-state index in [2.05, 4.69) is 0 Å². The van der Waals surface area contributed by atoms with Crippen molar-refractivity contribution in [3.8, 4) is 0 Å². The Morgan fingerprint density at radius 3 is 2.19 bits per heavy atom. The molecule has 2 aromatic carbocycles. The summed E-state index contributed by atoms with van der Waals surface area (Å²) in [5.41, 5.74) is 2.36. The summed E-state index contributed by atoms with van der Waals surface area (Å²) in [5.74, 6) is -0.521. The van der Waals surface area contributed by atoms with Crippen LogP contribution in [0.15, 0.2) is 53.4 Å². The average Bonchev–Trinajstić information content (AvgIpc) is 2.67. The van der Waals surface area contributed by atoms with Gasteiger partial charge in [0.05, 0.1) is 10.9 Å². The highest BCUT2D eigenvalue weighted by Crippen LogP contribution is 2.33. The predicted molar refractivity (Wildman–Crippen MR) is 99.2 cm³/mol. The fourth-order valence-electron chi connectivity index (χ4n) is 3.37. The lowest BCUT2D eigenvalue weighted by Gasteiger charge is -2.34. The van der Waals surface area contributed by atoms with Gasteiger partial charge >= 0.3 is 5.97 Å². The molecule has 0 N–H and O–H groups in total. The summed E-state index contributed by atoms with van der Waals surface area (Å²) in [6.07, 6.45) is 1.22. The Labute approximate surface area is 154 Å². The second kappa shape index (κ2) is 7.60. The lowest BCUT2D eigenvalue weighted by molar-refractivity contribution is -0.151. The van der Waals surface area contributed by atoms with Crippen molar-refractivity contribution in [3.63, 3.8) is 0 Å². The molecule has 6 heteroatoms. The monoisotopic (exact) mass is 373 g/mol. The highest BCUT2D eigenvalue weighted by atomic mass is 32.2. The second-order valence-electron chi connectivity index (χ2n) is 6.27. The first-order valence-electron chi connectivity index (χ1n) is 8.82. The molecule has 1 aliphatic rings. The summed E-state index contributed by atoms with van der Waals surface area (Å²) in [6.45, 7) is 3.63. The molecule has 0 radical (unpaired) electrons. The van der Waals surface area contributed by atoms with Gasteiger partial charge in [0, 0.05) is 0 Å². The standard InChI is InChI=1S/C20H23NO4S/c1-3-15-11-8-12-16(4-2)20(15)26(23,24)21-13-19(22)25-14-18(21)17-9-6-5-7-10-17/h5-12,18H,3-4,13-14H2,1-2H3/t18-/m0/s1. The van der Waals surface area contributed by atoms with E-state index in [1.54, 1.807) is 0 Å². The molecule has 0 spiro atoms. The molecule has 3 rings (SSSR count). The number of ether oxygens (including phenoxy) is 1. The zero-order valence-corrected chi connectivity index (χ0v) is 15.8. The molecule has 0 aliphatic carbocycles. The number of esters is 1. The van der Waals surface area contributed by atoms with Gasteiger partial charge in [0.25, 0.3) is 0 Å². The number of rotatable bonds is 5. The first-order valence-corrected chi connectivity index (χ1v) is 10.3. The SMILES string of the molecule is CCc1cccc(CC)c1S(=O)(=O)N1CC(=O)OC[C@H]1c1ccccc1. The van der Waals surface area contributed by atoms with Gasteiger partial charge in [0.2, 0.25) is 10.0 Å². The number of hydrogen-bond acceptors (Lipinski definition) is 4. The van der Waals surface area contributed by atoms with E-state index in [1.807, 2.05) is 62.4 Å². The van der Waals surface area contributed by atoms with Gasteiger partial charge in [-0.25, -0.2) is 8.42 Å². The number of benzene rings is 2. The van der Waals surface area contributed by atoms with Gasteiger partial charge in [-0.1, -0.05) is 62.4 Å². The Hall–Kier alpha value is -2.18. The van der Waals surface area contributed by atoms with Crippen LogP contribution in [0.1, 0.15) is 36.6 Å². The number of nitrogens with zero attached hydrogens (tertiary/aromatic N) is 1. The van der Waals surface area contributed by atoms with E-state index in [-0.39, 0.29) is 13.2 Å². The predicted octanol–water partition coefficient (Wildman–Crippen LogP) is 3.10. The zero-order valence-electron chi connectivity index (χ0n) is 15.0. The third-order valence-electron chi connectivity index (χ3n) is 4.73. The fraction of sp³-hybridized carbons (Fsp3) is 0.350. The number of morpholine rings is 1. The van der Waals surface area contributed by atoms with Crippen molar-refractivity contribution in [1.29, 1.82) is 0 Å². The maximum atomic E-state index is 13.6. The molecule has 138 valence electrons. The van der Waals surface area contributed by atoms with Crippen LogP contribution in [-0.4, -0.2) is 31.8 Å². The molecule has 5 nitrogen and oxygen atoms in total. The molecule has 26 heavy (non-hydrogen) atoms. The molecule has 2 aromatic rings. The van der Waals surface area contributed by atoms with Crippen molar-refractivity contribution in [2.24, 2.45) is 0 Å². The van der Waals surface area contributed by atoms with E-state index in [4.69, 9.17) is 4.74 Å². The van der Waals surface area contributed by atoms with Crippen LogP contribution in [-0.2, 0) is 32.4 Å². The Morgan fingerprint density at radius 2 is 1.62 bits per heavy atom. The molecule has 1 saturated heterocycles. The van der Waals surface area contributed by atoms with E-state index in [0.717, 1.165) is 16.7 Å². The number of aryl methyl sites for hydroxylation is 2. The summed E-state index contributed by atoms with van der Waals surface area (Å²) in [4.78, 5) is 12.2. The number of carbonyl (C=O) groups is 1. The fourth-order valence-corrected chi connectivity index (χ4v) is 5.49. The maximum absolute atomic E-state index is 13.6. The first kappa shape index (κ1) is 18.6. The van der Waals surface area contributed by atoms with Crippen LogP contribution in [0.4, 0.5) is 0 Å². The minimum atomic E-state index is -3.85. The van der Waals surface area contributed by atoms with Gasteiger partial charge in [-0.2, -0.15) is 4.31 Å². The topological polar surface area (TPSA) is 63.7 Å². The summed E-state index contributed by atoms with van der Waals surface area (Å²) in [7, 11) is -3.85. The van der Waals surface area contributed by atoms with E-state index in [1.165, 1.54) is 4.31 Å². The minimum absolute atomic E-state index is 0.0256. The quantitative estimate of drug-likeness (QED) is 0.756. The van der Waals surface area contributed by atoms with E-state index in [0.29, 0.717) is 17.7 Å². The normalized spacial score (nSPS) is 18.5. The lowest BCUT2D eigenvalue weighted by Crippen LogP contribution is -2.46. The van der Waals surface area contributed by atoms with Crippen molar-refractivity contribution in [2.75, 3.05) is 13.2 Å². The van der Waals surface area contributed by atoms with Crippen LogP contribution in [0, 0.1) is 0 Å². The Kier molecular flexibility index (Phi) is 5.44. The first-order chi connectivity index (χ1) is 12.5. The molecule has 0 aromatic heterocycles. The largest absolute Gasteiger partial charge is 0.463 e. The van der Waals surface area contributed by atoms with Crippen molar-refractivity contribution >= 4 is 16.0 Å². The van der Waals surface area contributed by atoms with Crippen LogP contribution in [0.2, 0.25) is 0 Å². The molecule has 1 aliphatic heterocycles. The van der Waals surface area contributed by atoms with Crippen molar-refractivity contribution in [3.05, 3.63) is 65.2 Å². The smallest absolute Gasteiger partial charge is 0.321 e. The maximum Gasteiger partial charge on any atom is 0.321 e. The molecule has 1 fully saturated rings. The summed E-state index contributed by atoms with van der Waals surface area (Å²) < 4.78 is 33.7. The highest BCUT2D eigenvalue weighted by molar-refractivity contribution is 7.89. The van der Waals surface area contributed by atoms with Gasteiger partial charge in [0.15, 0.2) is 0 Å². The Balaban J connectivity index is 2.13. The van der Waals surface area contributed by atoms with E-state index >= 15 is 0 Å². The third kappa shape index (κ3) is 3.39. The van der Waals surface area contributed by atoms with Crippen molar-refractivity contribution in [1.82, 2.24) is 4.31 Å². The molecule has 0 amide bonds. The van der Waals surface area contributed by atoms with Gasteiger partial charge in [-0.05, 0) is 29.5 Å². The van der Waals surface area contributed by atoms with Crippen LogP contribution in [0.5, 0.6) is 0 Å². The minimum Gasteiger partial charge on any atom is -0.463 e. The molecular formula is C20H23NO4S. The van der Waals surface area contributed by atoms with E-state index in [9.17, 15) is 13.2 Å². The molecule has 0 saturated carbocycles. The zero-order chi connectivity index (χ0) is 18.7. The second-order valence-corrected chi connectivity index (χ2v) is 8.10. The molecule has 0 bridgehead atoms. The van der Waals surface area contributed by atoms with Crippen LogP contribution < -0.4 is 0 Å². The number of hydrogen-bond donors (Lipinski definition) is 0. The summed E-state index contributed by atoms with van der Waals surface area (Å²) in [5, 5.41) is 0. The average molecular weight is 373 g/mol. The summed E-state index contributed by atoms with van der Waals surface area (Å²) in [6, 6.07) is 14.3. The van der Waals surface area contributed by atoms with Crippen molar-refractivity contribution < 1.29 is 17.9 Å².